The van der Waals surface area contributed by atoms with Crippen LogP contribution in [0.25, 0.3) is 10.9 Å². The summed E-state index contributed by atoms with van der Waals surface area (Å²) in [6.07, 6.45) is 2.62. The van der Waals surface area contributed by atoms with Crippen LogP contribution in [0.15, 0.2) is 28.7 Å². The lowest BCUT2D eigenvalue weighted by Gasteiger charge is -2.13. The van der Waals surface area contributed by atoms with Crippen LogP contribution in [0.5, 0.6) is 0 Å². The molecular weight excluding hydrogens is 336 g/mol. The minimum atomic E-state index is -0.978. The second-order valence-corrected chi connectivity index (χ2v) is 6.37. The first-order chi connectivity index (χ1) is 10.0. The molecule has 3 N–H and O–H groups in total. The lowest BCUT2D eigenvalue weighted by Crippen LogP contribution is -2.41. The van der Waals surface area contributed by atoms with E-state index in [2.05, 4.69) is 26.2 Å². The van der Waals surface area contributed by atoms with Gasteiger partial charge in [-0.25, -0.2) is 4.79 Å². The number of nitrogens with one attached hydrogen (secondary N) is 2. The Morgan fingerprint density at radius 1 is 1.38 bits per heavy atom. The number of aromatic nitrogens is 1. The number of carboxylic acid groups (broad SMARTS) is 1. The summed E-state index contributed by atoms with van der Waals surface area (Å²) in [5, 5.41) is 12.7. The highest BCUT2D eigenvalue weighted by Crippen LogP contribution is 2.33. The van der Waals surface area contributed by atoms with Crippen LogP contribution in [0.2, 0.25) is 0 Å². The van der Waals surface area contributed by atoms with Gasteiger partial charge in [-0.1, -0.05) is 34.8 Å². The Balaban J connectivity index is 1.77. The summed E-state index contributed by atoms with van der Waals surface area (Å²) >= 11 is 3.37. The van der Waals surface area contributed by atoms with Gasteiger partial charge in [-0.15, -0.1) is 0 Å². The molecule has 1 unspecified atom stereocenters. The van der Waals surface area contributed by atoms with Crippen LogP contribution in [-0.4, -0.2) is 28.0 Å². The van der Waals surface area contributed by atoms with Gasteiger partial charge in [0.2, 0.25) is 0 Å². The Bertz CT molecular complexity index is 706. The fourth-order valence-electron chi connectivity index (χ4n) is 2.37. The highest BCUT2D eigenvalue weighted by Gasteiger charge is 2.30. The average Bonchev–Trinajstić information content (AvgIpc) is 3.14. The Kier molecular flexibility index (Phi) is 3.71. The molecule has 3 rings (SSSR count). The predicted molar refractivity (Wildman–Crippen MR) is 82.2 cm³/mol. The zero-order valence-corrected chi connectivity index (χ0v) is 12.8. The molecule has 5 nitrogen and oxygen atoms in total. The number of rotatable bonds is 5. The van der Waals surface area contributed by atoms with E-state index in [1.54, 1.807) is 6.07 Å². The molecular formula is C15H15BrN2O3. The third-order valence-electron chi connectivity index (χ3n) is 3.70. The van der Waals surface area contributed by atoms with Crippen molar-refractivity contribution < 1.29 is 14.7 Å². The standard InChI is InChI=1S/C15H15BrN2O3/c16-10-4-3-9-6-12(17-11(9)7-10)14(19)18-13(15(20)21)5-8-1-2-8/h3-4,6-8,13,17H,1-2,5H2,(H,18,19)(H,20,21). The molecule has 0 bridgehead atoms. The molecule has 1 amide bonds. The first kappa shape index (κ1) is 14.1. The van der Waals surface area contributed by atoms with E-state index < -0.39 is 12.0 Å². The van der Waals surface area contributed by atoms with Crippen LogP contribution in [0.1, 0.15) is 29.8 Å². The van der Waals surface area contributed by atoms with E-state index in [9.17, 15) is 14.7 Å². The van der Waals surface area contributed by atoms with Gasteiger partial charge in [0, 0.05) is 15.4 Å². The number of amides is 1. The molecule has 0 aliphatic heterocycles. The van der Waals surface area contributed by atoms with Gasteiger partial charge < -0.3 is 15.4 Å². The van der Waals surface area contributed by atoms with Crippen LogP contribution < -0.4 is 5.32 Å². The minimum absolute atomic E-state index is 0.379. The molecule has 1 atom stereocenters. The van der Waals surface area contributed by atoms with Crippen molar-refractivity contribution in [3.05, 3.63) is 34.4 Å². The third-order valence-corrected chi connectivity index (χ3v) is 4.19. The summed E-state index contributed by atoms with van der Waals surface area (Å²) in [7, 11) is 0. The number of fused-ring (bicyclic) bond motifs is 1. The molecule has 21 heavy (non-hydrogen) atoms. The molecule has 1 fully saturated rings. The Hall–Kier alpha value is -1.82. The normalized spacial score (nSPS) is 15.9. The van der Waals surface area contributed by atoms with Crippen molar-refractivity contribution in [3.8, 4) is 0 Å². The first-order valence-corrected chi connectivity index (χ1v) is 7.64. The molecule has 1 aromatic heterocycles. The lowest BCUT2D eigenvalue weighted by molar-refractivity contribution is -0.139. The van der Waals surface area contributed by atoms with E-state index in [0.717, 1.165) is 28.2 Å². The fourth-order valence-corrected chi connectivity index (χ4v) is 2.73. The van der Waals surface area contributed by atoms with Crippen molar-refractivity contribution in [2.75, 3.05) is 0 Å². The van der Waals surface area contributed by atoms with E-state index in [-0.39, 0.29) is 5.91 Å². The van der Waals surface area contributed by atoms with E-state index in [1.165, 1.54) is 0 Å². The van der Waals surface area contributed by atoms with Crippen LogP contribution in [0.4, 0.5) is 0 Å². The summed E-state index contributed by atoms with van der Waals surface area (Å²) in [4.78, 5) is 26.4. The molecule has 0 radical (unpaired) electrons. The largest absolute Gasteiger partial charge is 0.480 e. The molecule has 1 saturated carbocycles. The van der Waals surface area contributed by atoms with Crippen LogP contribution in [0.3, 0.4) is 0 Å². The molecule has 0 saturated heterocycles. The molecule has 6 heteroatoms. The highest BCUT2D eigenvalue weighted by molar-refractivity contribution is 9.10. The summed E-state index contributed by atoms with van der Waals surface area (Å²) in [6.45, 7) is 0. The van der Waals surface area contributed by atoms with Gasteiger partial charge in [0.1, 0.15) is 11.7 Å². The van der Waals surface area contributed by atoms with E-state index in [0.29, 0.717) is 18.0 Å². The molecule has 1 aliphatic carbocycles. The van der Waals surface area contributed by atoms with Gasteiger partial charge in [-0.3, -0.25) is 4.79 Å². The summed E-state index contributed by atoms with van der Waals surface area (Å²) in [5.74, 6) is -0.922. The summed E-state index contributed by atoms with van der Waals surface area (Å²) < 4.78 is 0.918. The van der Waals surface area contributed by atoms with Gasteiger partial charge in [-0.2, -0.15) is 0 Å². The predicted octanol–water partition coefficient (Wildman–Crippen LogP) is 2.91. The number of carboxylic acids is 1. The number of halogens is 1. The Morgan fingerprint density at radius 3 is 2.81 bits per heavy atom. The summed E-state index contributed by atoms with van der Waals surface area (Å²) in [5.41, 5.74) is 1.22. The maximum Gasteiger partial charge on any atom is 0.326 e. The smallest absolute Gasteiger partial charge is 0.326 e. The fraction of sp³-hybridized carbons (Fsp3) is 0.333. The third kappa shape index (κ3) is 3.26. The van der Waals surface area contributed by atoms with E-state index in [4.69, 9.17) is 0 Å². The van der Waals surface area contributed by atoms with E-state index in [1.807, 2.05) is 18.2 Å². The van der Waals surface area contributed by atoms with Gasteiger partial charge >= 0.3 is 5.97 Å². The highest BCUT2D eigenvalue weighted by atomic mass is 79.9. The molecule has 0 spiro atoms. The van der Waals surface area contributed by atoms with Gasteiger partial charge in [-0.05, 0) is 30.5 Å². The zero-order valence-electron chi connectivity index (χ0n) is 11.2. The van der Waals surface area contributed by atoms with Crippen molar-refractivity contribution in [3.63, 3.8) is 0 Å². The summed E-state index contributed by atoms with van der Waals surface area (Å²) in [6, 6.07) is 6.58. The molecule has 1 heterocycles. The molecule has 1 aromatic carbocycles. The van der Waals surface area contributed by atoms with Crippen molar-refractivity contribution in [2.24, 2.45) is 5.92 Å². The van der Waals surface area contributed by atoms with Crippen molar-refractivity contribution in [1.82, 2.24) is 10.3 Å². The average molecular weight is 351 g/mol. The van der Waals surface area contributed by atoms with Gasteiger partial charge in [0.25, 0.3) is 5.91 Å². The molecule has 110 valence electrons. The number of hydrogen-bond acceptors (Lipinski definition) is 2. The number of H-pyrrole nitrogens is 1. The number of aromatic amines is 1. The number of carbonyl (C=O) groups is 2. The number of carbonyl (C=O) groups excluding carboxylic acids is 1. The Morgan fingerprint density at radius 2 is 2.14 bits per heavy atom. The number of benzene rings is 1. The SMILES string of the molecule is O=C(NC(CC1CC1)C(=O)O)c1cc2ccc(Br)cc2[nH]1. The second-order valence-electron chi connectivity index (χ2n) is 5.46. The number of hydrogen-bond donors (Lipinski definition) is 3. The molecule has 2 aromatic rings. The quantitative estimate of drug-likeness (QED) is 0.775. The van der Waals surface area contributed by atoms with Crippen LogP contribution in [-0.2, 0) is 4.79 Å². The monoisotopic (exact) mass is 350 g/mol. The van der Waals surface area contributed by atoms with Crippen molar-refractivity contribution in [2.45, 2.75) is 25.3 Å². The minimum Gasteiger partial charge on any atom is -0.480 e. The van der Waals surface area contributed by atoms with Crippen molar-refractivity contribution >= 4 is 38.7 Å². The first-order valence-electron chi connectivity index (χ1n) is 6.85. The van der Waals surface area contributed by atoms with Crippen LogP contribution in [0, 0.1) is 5.92 Å². The van der Waals surface area contributed by atoms with Gasteiger partial charge in [0.15, 0.2) is 0 Å². The topological polar surface area (TPSA) is 82.2 Å². The maximum absolute atomic E-state index is 12.2. The zero-order chi connectivity index (χ0) is 15.0. The van der Waals surface area contributed by atoms with Gasteiger partial charge in [0.05, 0.1) is 0 Å². The second kappa shape index (κ2) is 5.52. The Labute approximate surface area is 129 Å². The van der Waals surface area contributed by atoms with Crippen molar-refractivity contribution in [1.29, 1.82) is 0 Å². The number of aliphatic carboxylic acids is 1. The van der Waals surface area contributed by atoms with Crippen LogP contribution >= 0.6 is 15.9 Å². The maximum atomic E-state index is 12.2. The lowest BCUT2D eigenvalue weighted by atomic mass is 10.1. The van der Waals surface area contributed by atoms with E-state index >= 15 is 0 Å². The molecule has 1 aliphatic rings.